The molecule has 0 aromatic carbocycles. The second-order valence-corrected chi connectivity index (χ2v) is 3.23. The predicted molar refractivity (Wildman–Crippen MR) is 42.6 cm³/mol. The molecule has 0 bridgehead atoms. The Kier molecular flexibility index (Phi) is 5.73. The molecule has 0 aliphatic carbocycles. The third kappa shape index (κ3) is 6.35. The molecule has 0 saturated carbocycles. The molecule has 0 heterocycles. The van der Waals surface area contributed by atoms with Crippen molar-refractivity contribution in [3.05, 3.63) is 0 Å². The summed E-state index contributed by atoms with van der Waals surface area (Å²) in [5, 5.41) is 0.599. The molecule has 1 heteroatoms. The molecule has 1 atom stereocenters. The fraction of sp³-hybridized carbons (Fsp3) is 1.00. The third-order valence-electron chi connectivity index (χ3n) is 1.23. The van der Waals surface area contributed by atoms with Crippen molar-refractivity contribution in [1.82, 2.24) is 0 Å². The largest absolute Gasteiger partial charge is 0.176 e. The van der Waals surface area contributed by atoms with Crippen LogP contribution in [0, 0.1) is 0 Å². The Morgan fingerprint density at radius 2 is 2.00 bits per heavy atom. The summed E-state index contributed by atoms with van der Waals surface area (Å²) in [6, 6.07) is 0. The zero-order valence-electron chi connectivity index (χ0n) is 5.85. The Balaban J connectivity index is 2.72. The summed E-state index contributed by atoms with van der Waals surface area (Å²) < 4.78 is 0. The molecular formula is C7H16S. The van der Waals surface area contributed by atoms with E-state index in [2.05, 4.69) is 26.5 Å². The molecule has 0 aromatic heterocycles. The Labute approximate surface area is 58.1 Å². The molecule has 0 aliphatic rings. The lowest BCUT2D eigenvalue weighted by Gasteiger charge is -1.99. The van der Waals surface area contributed by atoms with Crippen LogP contribution >= 0.6 is 12.6 Å². The molecule has 0 rings (SSSR count). The van der Waals surface area contributed by atoms with E-state index in [9.17, 15) is 0 Å². The second-order valence-electron chi connectivity index (χ2n) is 2.34. The molecule has 0 aliphatic heterocycles. The summed E-state index contributed by atoms with van der Waals surface area (Å²) in [5.41, 5.74) is 0. The smallest absolute Gasteiger partial charge is 0.00116 e. The van der Waals surface area contributed by atoms with E-state index >= 15 is 0 Å². The van der Waals surface area contributed by atoms with Crippen LogP contribution in [0.25, 0.3) is 0 Å². The van der Waals surface area contributed by atoms with Gasteiger partial charge in [-0.2, -0.15) is 12.6 Å². The maximum absolute atomic E-state index is 4.27. The van der Waals surface area contributed by atoms with Crippen molar-refractivity contribution >= 4 is 12.6 Å². The lowest BCUT2D eigenvalue weighted by Crippen LogP contribution is -1.88. The zero-order valence-corrected chi connectivity index (χ0v) is 6.75. The van der Waals surface area contributed by atoms with Gasteiger partial charge in [0.25, 0.3) is 0 Å². The van der Waals surface area contributed by atoms with E-state index in [-0.39, 0.29) is 0 Å². The monoisotopic (exact) mass is 132 g/mol. The van der Waals surface area contributed by atoms with Crippen LogP contribution < -0.4 is 0 Å². The lowest BCUT2D eigenvalue weighted by atomic mass is 10.2. The van der Waals surface area contributed by atoms with Gasteiger partial charge in [-0.3, -0.25) is 0 Å². The van der Waals surface area contributed by atoms with Gasteiger partial charge >= 0.3 is 0 Å². The summed E-state index contributed by atoms with van der Waals surface area (Å²) in [5.74, 6) is 0. The average Bonchev–Trinajstić information content (AvgIpc) is 1.66. The molecule has 0 unspecified atom stereocenters. The standard InChI is InChI=1S/C7H16S/c1-3-4-5-6-7(2)8/h7-8H,3-6H2,1-2H3/t7-/m1/s1. The molecule has 0 N–H and O–H groups in total. The number of rotatable bonds is 4. The van der Waals surface area contributed by atoms with Crippen molar-refractivity contribution in [2.45, 2.75) is 44.8 Å². The van der Waals surface area contributed by atoms with Crippen LogP contribution in [0.15, 0.2) is 0 Å². The summed E-state index contributed by atoms with van der Waals surface area (Å²) in [4.78, 5) is 0. The van der Waals surface area contributed by atoms with Gasteiger partial charge < -0.3 is 0 Å². The number of hydrogen-bond donors (Lipinski definition) is 1. The first-order valence-corrected chi connectivity index (χ1v) is 3.97. The Morgan fingerprint density at radius 3 is 2.38 bits per heavy atom. The van der Waals surface area contributed by atoms with E-state index in [4.69, 9.17) is 0 Å². The fourth-order valence-corrected chi connectivity index (χ4v) is 0.872. The van der Waals surface area contributed by atoms with Gasteiger partial charge in [-0.1, -0.05) is 33.1 Å². The molecule has 0 amide bonds. The van der Waals surface area contributed by atoms with Gasteiger partial charge in [0.15, 0.2) is 0 Å². The Bertz CT molecular complexity index is 41.7. The maximum Gasteiger partial charge on any atom is -0.00116 e. The van der Waals surface area contributed by atoms with Crippen LogP contribution in [-0.2, 0) is 0 Å². The van der Waals surface area contributed by atoms with E-state index in [1.54, 1.807) is 0 Å². The van der Waals surface area contributed by atoms with Gasteiger partial charge in [0, 0.05) is 0 Å². The van der Waals surface area contributed by atoms with E-state index in [0.29, 0.717) is 5.25 Å². The van der Waals surface area contributed by atoms with Crippen molar-refractivity contribution in [2.24, 2.45) is 0 Å². The minimum Gasteiger partial charge on any atom is -0.176 e. The van der Waals surface area contributed by atoms with Crippen LogP contribution in [-0.4, -0.2) is 5.25 Å². The number of hydrogen-bond acceptors (Lipinski definition) is 1. The van der Waals surface area contributed by atoms with Gasteiger partial charge in [-0.05, 0) is 11.7 Å². The van der Waals surface area contributed by atoms with E-state index in [1.807, 2.05) is 0 Å². The highest BCUT2D eigenvalue weighted by Crippen LogP contribution is 2.06. The molecule has 8 heavy (non-hydrogen) atoms. The topological polar surface area (TPSA) is 0 Å². The third-order valence-corrected chi connectivity index (χ3v) is 1.48. The molecule has 0 nitrogen and oxygen atoms in total. The van der Waals surface area contributed by atoms with Gasteiger partial charge in [-0.25, -0.2) is 0 Å². The molecule has 50 valence electrons. The van der Waals surface area contributed by atoms with Crippen molar-refractivity contribution in [3.63, 3.8) is 0 Å². The van der Waals surface area contributed by atoms with Gasteiger partial charge in [0.05, 0.1) is 0 Å². The normalized spacial score (nSPS) is 13.9. The molecule has 0 aromatic rings. The van der Waals surface area contributed by atoms with E-state index in [0.717, 1.165) is 0 Å². The first kappa shape index (κ1) is 8.35. The van der Waals surface area contributed by atoms with E-state index in [1.165, 1.54) is 25.7 Å². The van der Waals surface area contributed by atoms with Crippen molar-refractivity contribution in [3.8, 4) is 0 Å². The van der Waals surface area contributed by atoms with Crippen LogP contribution in [0.2, 0.25) is 0 Å². The average molecular weight is 132 g/mol. The van der Waals surface area contributed by atoms with Gasteiger partial charge in [0.2, 0.25) is 0 Å². The molecule has 0 saturated heterocycles. The van der Waals surface area contributed by atoms with Crippen LogP contribution in [0.1, 0.15) is 39.5 Å². The minimum absolute atomic E-state index is 0.599. The summed E-state index contributed by atoms with van der Waals surface area (Å²) in [6.45, 7) is 4.38. The minimum atomic E-state index is 0.599. The molecule has 0 radical (unpaired) electrons. The molecular weight excluding hydrogens is 116 g/mol. The second kappa shape index (κ2) is 5.49. The highest BCUT2D eigenvalue weighted by molar-refractivity contribution is 7.80. The Hall–Kier alpha value is 0.350. The molecule has 0 fully saturated rings. The highest BCUT2D eigenvalue weighted by Gasteiger charge is 1.91. The summed E-state index contributed by atoms with van der Waals surface area (Å²) in [7, 11) is 0. The quantitative estimate of drug-likeness (QED) is 0.441. The van der Waals surface area contributed by atoms with Crippen LogP contribution in [0.4, 0.5) is 0 Å². The van der Waals surface area contributed by atoms with E-state index < -0.39 is 0 Å². The van der Waals surface area contributed by atoms with Crippen molar-refractivity contribution in [1.29, 1.82) is 0 Å². The fourth-order valence-electron chi connectivity index (χ4n) is 0.690. The van der Waals surface area contributed by atoms with Crippen molar-refractivity contribution < 1.29 is 0 Å². The first-order valence-electron chi connectivity index (χ1n) is 3.45. The highest BCUT2D eigenvalue weighted by atomic mass is 32.1. The summed E-state index contributed by atoms with van der Waals surface area (Å²) >= 11 is 4.27. The van der Waals surface area contributed by atoms with Gasteiger partial charge in [-0.15, -0.1) is 0 Å². The summed E-state index contributed by atoms with van der Waals surface area (Å²) in [6.07, 6.45) is 5.31. The maximum atomic E-state index is 4.27. The van der Waals surface area contributed by atoms with Crippen molar-refractivity contribution in [2.75, 3.05) is 0 Å². The zero-order chi connectivity index (χ0) is 6.41. The molecule has 0 spiro atoms. The SMILES string of the molecule is CCCCC[C@@H](C)S. The van der Waals surface area contributed by atoms with Crippen LogP contribution in [0.5, 0.6) is 0 Å². The van der Waals surface area contributed by atoms with Crippen LogP contribution in [0.3, 0.4) is 0 Å². The van der Waals surface area contributed by atoms with Gasteiger partial charge in [0.1, 0.15) is 0 Å². The number of thiol groups is 1. The lowest BCUT2D eigenvalue weighted by molar-refractivity contribution is 0.666. The number of unbranched alkanes of at least 4 members (excludes halogenated alkanes) is 2. The first-order chi connectivity index (χ1) is 3.77. The predicted octanol–water partition coefficient (Wildman–Crippen LogP) is 2.89. The Morgan fingerprint density at radius 1 is 1.38 bits per heavy atom.